The van der Waals surface area contributed by atoms with Crippen molar-refractivity contribution in [2.24, 2.45) is 0 Å². The van der Waals surface area contributed by atoms with E-state index in [0.29, 0.717) is 11.3 Å². The van der Waals surface area contributed by atoms with Crippen LogP contribution >= 0.6 is 0 Å². The van der Waals surface area contributed by atoms with E-state index in [-0.39, 0.29) is 22.9 Å². The Morgan fingerprint density at radius 2 is 1.57 bits per heavy atom. The molecule has 1 fully saturated rings. The van der Waals surface area contributed by atoms with E-state index < -0.39 is 15.9 Å². The first kappa shape index (κ1) is 24.5. The molecule has 0 atom stereocenters. The Labute approximate surface area is 206 Å². The molecule has 2 amide bonds. The first-order valence-electron chi connectivity index (χ1n) is 11.6. The summed E-state index contributed by atoms with van der Waals surface area (Å²) in [5.41, 5.74) is 3.21. The van der Waals surface area contributed by atoms with E-state index in [1.54, 1.807) is 42.5 Å². The Balaban J connectivity index is 1.45. The second kappa shape index (κ2) is 10.3. The summed E-state index contributed by atoms with van der Waals surface area (Å²) < 4.78 is 27.5. The van der Waals surface area contributed by atoms with Crippen LogP contribution < -0.4 is 9.62 Å². The normalized spacial score (nSPS) is 13.5. The van der Waals surface area contributed by atoms with Crippen LogP contribution in [0, 0.1) is 6.92 Å². The Hall–Kier alpha value is -3.65. The zero-order valence-corrected chi connectivity index (χ0v) is 20.7. The highest BCUT2D eigenvalue weighted by molar-refractivity contribution is 7.92. The summed E-state index contributed by atoms with van der Waals surface area (Å²) >= 11 is 0. The van der Waals surface area contributed by atoms with Gasteiger partial charge >= 0.3 is 0 Å². The summed E-state index contributed by atoms with van der Waals surface area (Å²) in [6, 6.07) is 20.4. The summed E-state index contributed by atoms with van der Waals surface area (Å²) in [6.45, 7) is 3.71. The maximum Gasteiger partial charge on any atom is 0.264 e. The molecule has 0 unspecified atom stereocenters. The first-order valence-corrected chi connectivity index (χ1v) is 13.0. The number of hydrogen-bond donors (Lipinski definition) is 1. The van der Waals surface area contributed by atoms with Gasteiger partial charge in [-0.1, -0.05) is 35.9 Å². The van der Waals surface area contributed by atoms with Crippen molar-refractivity contribution in [2.45, 2.75) is 31.2 Å². The smallest absolute Gasteiger partial charge is 0.264 e. The number of rotatable bonds is 7. The molecule has 1 saturated heterocycles. The van der Waals surface area contributed by atoms with Gasteiger partial charge in [-0.25, -0.2) is 8.42 Å². The van der Waals surface area contributed by atoms with Gasteiger partial charge in [0.2, 0.25) is 0 Å². The number of amides is 2. The van der Waals surface area contributed by atoms with E-state index in [1.807, 2.05) is 30.0 Å². The zero-order chi connectivity index (χ0) is 25.0. The number of anilines is 1. The van der Waals surface area contributed by atoms with E-state index in [9.17, 15) is 18.0 Å². The fourth-order valence-corrected chi connectivity index (χ4v) is 5.29. The molecule has 0 radical (unpaired) electrons. The minimum atomic E-state index is -3.84. The number of aryl methyl sites for hydroxylation is 1. The molecule has 1 heterocycles. The van der Waals surface area contributed by atoms with Crippen LogP contribution in [0.25, 0.3) is 0 Å². The largest absolute Gasteiger partial charge is 0.348 e. The van der Waals surface area contributed by atoms with Crippen LogP contribution in [0.5, 0.6) is 0 Å². The highest BCUT2D eigenvalue weighted by atomic mass is 32.2. The zero-order valence-electron chi connectivity index (χ0n) is 19.9. The molecule has 182 valence electrons. The molecular weight excluding hydrogens is 462 g/mol. The Kier molecular flexibility index (Phi) is 7.21. The van der Waals surface area contributed by atoms with Gasteiger partial charge in [-0.05, 0) is 67.8 Å². The van der Waals surface area contributed by atoms with Crippen molar-refractivity contribution in [1.82, 2.24) is 10.2 Å². The third-order valence-corrected chi connectivity index (χ3v) is 7.95. The molecule has 4 rings (SSSR count). The molecule has 1 aliphatic rings. The minimum Gasteiger partial charge on any atom is -0.348 e. The number of hydrogen-bond acceptors (Lipinski definition) is 4. The van der Waals surface area contributed by atoms with Crippen LogP contribution in [-0.4, -0.2) is 45.3 Å². The molecule has 0 bridgehead atoms. The third-order valence-electron chi connectivity index (χ3n) is 6.17. The summed E-state index contributed by atoms with van der Waals surface area (Å²) in [5.74, 6) is -0.386. The molecule has 8 heteroatoms. The fraction of sp³-hybridized carbons (Fsp3) is 0.259. The lowest BCUT2D eigenvalue weighted by Gasteiger charge is -2.20. The van der Waals surface area contributed by atoms with E-state index >= 15 is 0 Å². The van der Waals surface area contributed by atoms with Gasteiger partial charge in [0.05, 0.1) is 10.6 Å². The number of nitrogens with one attached hydrogen (secondary N) is 1. The number of likely N-dealkylation sites (tertiary alicyclic amines) is 1. The molecule has 35 heavy (non-hydrogen) atoms. The molecule has 0 aliphatic carbocycles. The topological polar surface area (TPSA) is 86.8 Å². The maximum atomic E-state index is 13.1. The summed E-state index contributed by atoms with van der Waals surface area (Å²) in [6.07, 6.45) is 2.05. The average Bonchev–Trinajstić information content (AvgIpc) is 3.42. The van der Waals surface area contributed by atoms with Crippen LogP contribution in [0.15, 0.2) is 77.7 Å². The highest BCUT2D eigenvalue weighted by Gasteiger charge is 2.23. The number of carbonyl (C=O) groups is 2. The van der Waals surface area contributed by atoms with Crippen molar-refractivity contribution in [1.29, 1.82) is 0 Å². The van der Waals surface area contributed by atoms with Crippen LogP contribution in [-0.2, 0) is 16.6 Å². The molecule has 7 nitrogen and oxygen atoms in total. The summed E-state index contributed by atoms with van der Waals surface area (Å²) in [7, 11) is -2.35. The van der Waals surface area contributed by atoms with Crippen molar-refractivity contribution in [3.8, 4) is 0 Å². The lowest BCUT2D eigenvalue weighted by Crippen LogP contribution is -2.28. The maximum absolute atomic E-state index is 13.1. The number of sulfonamides is 1. The lowest BCUT2D eigenvalue weighted by molar-refractivity contribution is 0.0792. The second-order valence-electron chi connectivity index (χ2n) is 8.72. The summed E-state index contributed by atoms with van der Waals surface area (Å²) in [5, 5.41) is 2.82. The Morgan fingerprint density at radius 3 is 2.29 bits per heavy atom. The van der Waals surface area contributed by atoms with E-state index in [0.717, 1.165) is 37.1 Å². The molecule has 0 spiro atoms. The molecule has 1 aliphatic heterocycles. The first-order chi connectivity index (χ1) is 16.8. The van der Waals surface area contributed by atoms with Gasteiger partial charge in [-0.2, -0.15) is 0 Å². The average molecular weight is 492 g/mol. The van der Waals surface area contributed by atoms with Gasteiger partial charge in [0.1, 0.15) is 0 Å². The molecule has 1 N–H and O–H groups in total. The number of benzene rings is 3. The number of carbonyl (C=O) groups excluding carboxylic acids is 2. The van der Waals surface area contributed by atoms with Gasteiger partial charge in [-0.3, -0.25) is 13.9 Å². The molecular formula is C27H29N3O4S. The van der Waals surface area contributed by atoms with Crippen LogP contribution in [0.3, 0.4) is 0 Å². The van der Waals surface area contributed by atoms with Crippen LogP contribution in [0.2, 0.25) is 0 Å². The SMILES string of the molecule is Cc1ccc(N(C)S(=O)(=O)c2cccc(C(=O)NCc3cccc(C(=O)N4CCCC4)c3)c2)cc1. The van der Waals surface area contributed by atoms with E-state index in [4.69, 9.17) is 0 Å². The molecule has 0 saturated carbocycles. The monoisotopic (exact) mass is 491 g/mol. The highest BCUT2D eigenvalue weighted by Crippen LogP contribution is 2.23. The summed E-state index contributed by atoms with van der Waals surface area (Å²) in [4.78, 5) is 27.3. The second-order valence-corrected chi connectivity index (χ2v) is 10.7. The van der Waals surface area contributed by atoms with Crippen molar-refractivity contribution < 1.29 is 18.0 Å². The minimum absolute atomic E-state index is 0.00582. The lowest BCUT2D eigenvalue weighted by atomic mass is 10.1. The van der Waals surface area contributed by atoms with E-state index in [2.05, 4.69) is 5.32 Å². The van der Waals surface area contributed by atoms with Gasteiger partial charge in [0.25, 0.3) is 21.8 Å². The predicted molar refractivity (Wildman–Crippen MR) is 136 cm³/mol. The Bertz CT molecular complexity index is 1330. The van der Waals surface area contributed by atoms with Gasteiger partial charge < -0.3 is 10.2 Å². The predicted octanol–water partition coefficient (Wildman–Crippen LogP) is 3.99. The number of nitrogens with zero attached hydrogens (tertiary/aromatic N) is 2. The van der Waals surface area contributed by atoms with Crippen molar-refractivity contribution in [3.63, 3.8) is 0 Å². The standard InChI is InChI=1S/C27H29N3O4S/c1-20-11-13-24(14-12-20)29(2)35(33,34)25-10-6-8-22(18-25)26(31)28-19-21-7-5-9-23(17-21)27(32)30-15-3-4-16-30/h5-14,17-18H,3-4,15-16,19H2,1-2H3,(H,28,31). The van der Waals surface area contributed by atoms with Crippen molar-refractivity contribution in [2.75, 3.05) is 24.4 Å². The Morgan fingerprint density at radius 1 is 0.914 bits per heavy atom. The quantitative estimate of drug-likeness (QED) is 0.542. The fourth-order valence-electron chi connectivity index (χ4n) is 4.05. The van der Waals surface area contributed by atoms with Crippen LogP contribution in [0.4, 0.5) is 5.69 Å². The van der Waals surface area contributed by atoms with Crippen molar-refractivity contribution >= 4 is 27.5 Å². The third kappa shape index (κ3) is 5.54. The van der Waals surface area contributed by atoms with Crippen LogP contribution in [0.1, 0.15) is 44.7 Å². The van der Waals surface area contributed by atoms with Gasteiger partial charge in [0, 0.05) is 37.8 Å². The van der Waals surface area contributed by atoms with Crippen molar-refractivity contribution in [3.05, 3.63) is 95.1 Å². The molecule has 3 aromatic carbocycles. The van der Waals surface area contributed by atoms with E-state index in [1.165, 1.54) is 23.5 Å². The molecule has 3 aromatic rings. The molecule has 0 aromatic heterocycles. The van der Waals surface area contributed by atoms with Gasteiger partial charge in [-0.15, -0.1) is 0 Å². The van der Waals surface area contributed by atoms with Gasteiger partial charge in [0.15, 0.2) is 0 Å².